The predicted octanol–water partition coefficient (Wildman–Crippen LogP) is 3.62. The highest BCUT2D eigenvalue weighted by Crippen LogP contribution is 2.30. The monoisotopic (exact) mass is 363 g/mol. The molecule has 3 rings (SSSR count). The van der Waals surface area contributed by atoms with Crippen molar-refractivity contribution in [3.05, 3.63) is 57.6 Å². The number of rotatable bonds is 4. The Balaban J connectivity index is 1.94. The van der Waals surface area contributed by atoms with Gasteiger partial charge in [0.2, 0.25) is 0 Å². The maximum atomic E-state index is 12.4. The standard InChI is InChI=1S/C15H13N3O4S2/c1-9-7-10(2)14-13(8-9)23-15(16-14)17-24(21,22)12-5-3-11(4-6-12)18(19)20/h3-8H,1-2H3,(H,16,17). The fourth-order valence-electron chi connectivity index (χ4n) is 2.34. The SMILES string of the molecule is Cc1cc(C)c2nc(NS(=O)(=O)c3ccc([N+](=O)[O-])cc3)sc2c1. The van der Waals surface area contributed by atoms with E-state index in [1.165, 1.54) is 23.5 Å². The first kappa shape index (κ1) is 16.3. The van der Waals surface area contributed by atoms with Crippen LogP contribution in [0.1, 0.15) is 11.1 Å². The van der Waals surface area contributed by atoms with E-state index in [9.17, 15) is 18.5 Å². The van der Waals surface area contributed by atoms with Crippen molar-refractivity contribution in [2.24, 2.45) is 0 Å². The van der Waals surface area contributed by atoms with Gasteiger partial charge in [-0.15, -0.1) is 0 Å². The molecule has 9 heteroatoms. The number of anilines is 1. The molecular weight excluding hydrogens is 350 g/mol. The third-order valence-electron chi connectivity index (χ3n) is 3.41. The molecule has 0 saturated heterocycles. The zero-order valence-corrected chi connectivity index (χ0v) is 14.4. The molecule has 0 aliphatic heterocycles. The lowest BCUT2D eigenvalue weighted by molar-refractivity contribution is -0.384. The highest BCUT2D eigenvalue weighted by Gasteiger charge is 2.18. The summed E-state index contributed by atoms with van der Waals surface area (Å²) in [4.78, 5) is 14.3. The van der Waals surface area contributed by atoms with Crippen molar-refractivity contribution in [2.75, 3.05) is 4.72 Å². The molecule has 0 spiro atoms. The maximum absolute atomic E-state index is 12.4. The molecule has 0 fully saturated rings. The molecule has 0 bridgehead atoms. The quantitative estimate of drug-likeness (QED) is 0.563. The van der Waals surface area contributed by atoms with Crippen LogP contribution in [0.2, 0.25) is 0 Å². The second kappa shape index (κ2) is 5.84. The van der Waals surface area contributed by atoms with E-state index in [1.54, 1.807) is 0 Å². The van der Waals surface area contributed by atoms with E-state index < -0.39 is 14.9 Å². The molecule has 7 nitrogen and oxygen atoms in total. The number of sulfonamides is 1. The molecule has 0 aliphatic rings. The minimum Gasteiger partial charge on any atom is -0.258 e. The zero-order valence-electron chi connectivity index (χ0n) is 12.8. The summed E-state index contributed by atoms with van der Waals surface area (Å²) >= 11 is 1.25. The largest absolute Gasteiger partial charge is 0.269 e. The maximum Gasteiger partial charge on any atom is 0.269 e. The number of benzene rings is 2. The van der Waals surface area contributed by atoms with Crippen LogP contribution in [0.25, 0.3) is 10.2 Å². The summed E-state index contributed by atoms with van der Waals surface area (Å²) in [6, 6.07) is 8.63. The van der Waals surface area contributed by atoms with Gasteiger partial charge in [0.05, 0.1) is 20.0 Å². The molecule has 2 aromatic carbocycles. The van der Waals surface area contributed by atoms with Gasteiger partial charge in [-0.25, -0.2) is 13.4 Å². The first-order valence-corrected chi connectivity index (χ1v) is 9.21. The van der Waals surface area contributed by atoms with Crippen molar-refractivity contribution in [1.82, 2.24) is 4.98 Å². The molecule has 3 aromatic rings. The summed E-state index contributed by atoms with van der Waals surface area (Å²) in [5, 5.41) is 10.9. The van der Waals surface area contributed by atoms with Crippen LogP contribution in [0.4, 0.5) is 10.8 Å². The zero-order chi connectivity index (χ0) is 17.5. The number of non-ortho nitro benzene ring substituents is 1. The van der Waals surface area contributed by atoms with Gasteiger partial charge in [-0.05, 0) is 43.2 Å². The molecule has 0 amide bonds. The summed E-state index contributed by atoms with van der Waals surface area (Å²) < 4.78 is 28.1. The number of thiazole rings is 1. The normalized spacial score (nSPS) is 11.6. The second-order valence-corrected chi connectivity index (χ2v) is 8.02. The summed E-state index contributed by atoms with van der Waals surface area (Å²) in [6.45, 7) is 3.89. The Bertz CT molecular complexity index is 1040. The smallest absolute Gasteiger partial charge is 0.258 e. The average molecular weight is 363 g/mol. The highest BCUT2D eigenvalue weighted by atomic mass is 32.2. The van der Waals surface area contributed by atoms with Crippen LogP contribution in [-0.4, -0.2) is 18.3 Å². The average Bonchev–Trinajstić information content (AvgIpc) is 2.89. The molecule has 0 atom stereocenters. The van der Waals surface area contributed by atoms with E-state index in [0.717, 1.165) is 33.5 Å². The van der Waals surface area contributed by atoms with Gasteiger partial charge >= 0.3 is 0 Å². The molecule has 0 radical (unpaired) electrons. The summed E-state index contributed by atoms with van der Waals surface area (Å²) in [6.07, 6.45) is 0. The lowest BCUT2D eigenvalue weighted by Gasteiger charge is -2.04. The molecular formula is C15H13N3O4S2. The van der Waals surface area contributed by atoms with Crippen molar-refractivity contribution < 1.29 is 13.3 Å². The Morgan fingerprint density at radius 2 is 1.83 bits per heavy atom. The Morgan fingerprint density at radius 1 is 1.17 bits per heavy atom. The molecule has 0 saturated carbocycles. The molecule has 1 heterocycles. The van der Waals surface area contributed by atoms with Crippen LogP contribution in [0.3, 0.4) is 0 Å². The van der Waals surface area contributed by atoms with E-state index in [-0.39, 0.29) is 15.7 Å². The van der Waals surface area contributed by atoms with Crippen LogP contribution < -0.4 is 4.72 Å². The van der Waals surface area contributed by atoms with Crippen molar-refractivity contribution in [1.29, 1.82) is 0 Å². The third kappa shape index (κ3) is 3.08. The second-order valence-electron chi connectivity index (χ2n) is 5.30. The number of nitro groups is 1. The fraction of sp³-hybridized carbons (Fsp3) is 0.133. The number of nitrogens with one attached hydrogen (secondary N) is 1. The van der Waals surface area contributed by atoms with Gasteiger partial charge in [0, 0.05) is 12.1 Å². The minimum absolute atomic E-state index is 0.0553. The van der Waals surface area contributed by atoms with E-state index >= 15 is 0 Å². The molecule has 1 aromatic heterocycles. The van der Waals surface area contributed by atoms with Crippen LogP contribution in [0.5, 0.6) is 0 Å². The Labute approximate surface area is 142 Å². The summed E-state index contributed by atoms with van der Waals surface area (Å²) in [5.74, 6) is 0. The van der Waals surface area contributed by atoms with Crippen LogP contribution in [-0.2, 0) is 10.0 Å². The Morgan fingerprint density at radius 3 is 2.46 bits per heavy atom. The molecule has 0 aliphatic carbocycles. The summed E-state index contributed by atoms with van der Waals surface area (Å²) in [7, 11) is -3.85. The lowest BCUT2D eigenvalue weighted by Crippen LogP contribution is -2.12. The molecule has 24 heavy (non-hydrogen) atoms. The fourth-order valence-corrected chi connectivity index (χ4v) is 4.61. The predicted molar refractivity (Wildman–Crippen MR) is 93.0 cm³/mol. The van der Waals surface area contributed by atoms with E-state index in [2.05, 4.69) is 9.71 Å². The minimum atomic E-state index is -3.85. The molecule has 1 N–H and O–H groups in total. The van der Waals surface area contributed by atoms with Gasteiger partial charge in [0.15, 0.2) is 5.13 Å². The first-order chi connectivity index (χ1) is 11.3. The van der Waals surface area contributed by atoms with Crippen molar-refractivity contribution >= 4 is 42.4 Å². The lowest BCUT2D eigenvalue weighted by atomic mass is 10.1. The molecule has 124 valence electrons. The Hall–Kier alpha value is -2.52. The van der Waals surface area contributed by atoms with Gasteiger partial charge in [-0.2, -0.15) is 0 Å². The first-order valence-electron chi connectivity index (χ1n) is 6.91. The third-order valence-corrected chi connectivity index (χ3v) is 5.81. The van der Waals surface area contributed by atoms with E-state index in [4.69, 9.17) is 0 Å². The number of nitrogens with zero attached hydrogens (tertiary/aromatic N) is 2. The van der Waals surface area contributed by atoms with Crippen molar-refractivity contribution in [3.63, 3.8) is 0 Å². The van der Waals surface area contributed by atoms with Crippen LogP contribution in [0.15, 0.2) is 41.3 Å². The number of hydrogen-bond donors (Lipinski definition) is 1. The van der Waals surface area contributed by atoms with E-state index in [0.29, 0.717) is 0 Å². The van der Waals surface area contributed by atoms with E-state index in [1.807, 2.05) is 26.0 Å². The molecule has 0 unspecified atom stereocenters. The number of aryl methyl sites for hydroxylation is 2. The number of nitro benzene ring substituents is 1. The van der Waals surface area contributed by atoms with Gasteiger partial charge in [0.1, 0.15) is 0 Å². The van der Waals surface area contributed by atoms with Gasteiger partial charge in [-0.3, -0.25) is 14.8 Å². The van der Waals surface area contributed by atoms with Gasteiger partial charge < -0.3 is 0 Å². The van der Waals surface area contributed by atoms with Gasteiger partial charge in [-0.1, -0.05) is 17.4 Å². The summed E-state index contributed by atoms with van der Waals surface area (Å²) in [5.41, 5.74) is 2.64. The number of hydrogen-bond acceptors (Lipinski definition) is 6. The Kier molecular flexibility index (Phi) is 3.98. The van der Waals surface area contributed by atoms with Crippen LogP contribution in [0, 0.1) is 24.0 Å². The highest BCUT2D eigenvalue weighted by molar-refractivity contribution is 7.93. The van der Waals surface area contributed by atoms with Crippen molar-refractivity contribution in [3.8, 4) is 0 Å². The van der Waals surface area contributed by atoms with Gasteiger partial charge in [0.25, 0.3) is 15.7 Å². The topological polar surface area (TPSA) is 102 Å². The van der Waals surface area contributed by atoms with Crippen molar-refractivity contribution in [2.45, 2.75) is 18.7 Å². The van der Waals surface area contributed by atoms with Crippen LogP contribution >= 0.6 is 11.3 Å². The number of fused-ring (bicyclic) bond motifs is 1. The number of aromatic nitrogens is 1.